The van der Waals surface area contributed by atoms with Crippen molar-refractivity contribution in [3.63, 3.8) is 0 Å². The number of anilines is 1. The van der Waals surface area contributed by atoms with E-state index in [1.807, 2.05) is 66.7 Å². The number of fused-ring (bicyclic) bond motifs is 1. The van der Waals surface area contributed by atoms with Crippen molar-refractivity contribution in [2.45, 2.75) is 62.2 Å². The van der Waals surface area contributed by atoms with Gasteiger partial charge in [0, 0.05) is 10.5 Å². The van der Waals surface area contributed by atoms with Gasteiger partial charge in [0.1, 0.15) is 5.60 Å². The second-order valence-electron chi connectivity index (χ2n) is 9.53. The molecule has 2 amide bonds. The van der Waals surface area contributed by atoms with Crippen molar-refractivity contribution in [3.8, 4) is 0 Å². The number of hydrogen-bond donors (Lipinski definition) is 0. The number of para-hydroxylation sites is 1. The molecule has 5 heteroatoms. The van der Waals surface area contributed by atoms with E-state index in [0.29, 0.717) is 5.69 Å². The highest BCUT2D eigenvalue weighted by Crippen LogP contribution is 2.55. The third kappa shape index (κ3) is 4.62. The monoisotopic (exact) mass is 473 g/mol. The van der Waals surface area contributed by atoms with Gasteiger partial charge < -0.3 is 4.74 Å². The van der Waals surface area contributed by atoms with Crippen LogP contribution in [-0.4, -0.2) is 17.6 Å². The molecule has 1 heterocycles. The molecule has 0 unspecified atom stereocenters. The van der Waals surface area contributed by atoms with Gasteiger partial charge in [0.25, 0.3) is 5.91 Å². The van der Waals surface area contributed by atoms with Crippen LogP contribution in [0.4, 0.5) is 10.5 Å². The van der Waals surface area contributed by atoms with Crippen LogP contribution in [0.1, 0.15) is 57.2 Å². The molecule has 0 aromatic heterocycles. The minimum atomic E-state index is -1.10. The molecule has 1 atom stereocenters. The zero-order chi connectivity index (χ0) is 24.3. The lowest BCUT2D eigenvalue weighted by atomic mass is 9.90. The van der Waals surface area contributed by atoms with E-state index >= 15 is 0 Å². The number of hydrogen-bond acceptors (Lipinski definition) is 4. The van der Waals surface area contributed by atoms with Gasteiger partial charge in [0.05, 0.1) is 5.69 Å². The normalized spacial score (nSPS) is 17.5. The first-order valence-electron chi connectivity index (χ1n) is 11.8. The van der Waals surface area contributed by atoms with Gasteiger partial charge in [-0.15, -0.1) is 0 Å². The molecule has 1 aliphatic heterocycles. The Balaban J connectivity index is 1.87. The summed E-state index contributed by atoms with van der Waals surface area (Å²) in [5, 5.41) is 0. The lowest BCUT2D eigenvalue weighted by molar-refractivity contribution is -0.119. The van der Waals surface area contributed by atoms with Gasteiger partial charge in [0.15, 0.2) is 4.75 Å². The van der Waals surface area contributed by atoms with E-state index in [2.05, 4.69) is 19.1 Å². The van der Waals surface area contributed by atoms with Crippen LogP contribution in [0.25, 0.3) is 0 Å². The molecule has 4 rings (SSSR count). The minimum Gasteiger partial charge on any atom is -0.443 e. The Morgan fingerprint density at radius 1 is 0.941 bits per heavy atom. The summed E-state index contributed by atoms with van der Waals surface area (Å²) in [7, 11) is 0. The summed E-state index contributed by atoms with van der Waals surface area (Å²) in [6, 6.07) is 25.7. The van der Waals surface area contributed by atoms with Crippen molar-refractivity contribution in [2.75, 3.05) is 4.90 Å². The fourth-order valence-electron chi connectivity index (χ4n) is 4.23. The maximum Gasteiger partial charge on any atom is 0.421 e. The second kappa shape index (κ2) is 9.67. The Hall–Kier alpha value is -3.05. The molecule has 3 aromatic rings. The number of amides is 2. The van der Waals surface area contributed by atoms with Gasteiger partial charge in [-0.1, -0.05) is 85.8 Å². The Labute approximate surface area is 206 Å². The van der Waals surface area contributed by atoms with Crippen molar-refractivity contribution in [1.29, 1.82) is 0 Å². The van der Waals surface area contributed by atoms with Crippen LogP contribution >= 0.6 is 11.8 Å². The van der Waals surface area contributed by atoms with Crippen LogP contribution in [0.5, 0.6) is 0 Å². The van der Waals surface area contributed by atoms with Crippen LogP contribution in [-0.2, 0) is 20.7 Å². The molecule has 1 aliphatic rings. The standard InChI is InChI=1S/C29H31NO3S/c1-5-6-12-21-17-19-22(20-18-21)29(34-23-13-8-7-9-14-23)24-15-10-11-16-25(24)30(26(29)31)27(32)33-28(2,3)4/h7-11,13-20H,5-6,12H2,1-4H3/t29-/m1/s1. The maximum absolute atomic E-state index is 14.3. The van der Waals surface area contributed by atoms with E-state index < -0.39 is 16.4 Å². The predicted octanol–water partition coefficient (Wildman–Crippen LogP) is 7.35. The van der Waals surface area contributed by atoms with E-state index in [9.17, 15) is 9.59 Å². The molecule has 0 saturated carbocycles. The molecule has 0 N–H and O–H groups in total. The first-order valence-corrected chi connectivity index (χ1v) is 12.6. The third-order valence-electron chi connectivity index (χ3n) is 5.80. The van der Waals surface area contributed by atoms with E-state index in [-0.39, 0.29) is 5.91 Å². The number of ether oxygens (including phenoxy) is 1. The lowest BCUT2D eigenvalue weighted by Crippen LogP contribution is -2.44. The lowest BCUT2D eigenvalue weighted by Gasteiger charge is -2.29. The Kier molecular flexibility index (Phi) is 6.85. The summed E-state index contributed by atoms with van der Waals surface area (Å²) in [4.78, 5) is 29.7. The van der Waals surface area contributed by atoms with Crippen molar-refractivity contribution in [3.05, 3.63) is 95.6 Å². The number of thioether (sulfide) groups is 1. The van der Waals surface area contributed by atoms with Crippen LogP contribution in [0.2, 0.25) is 0 Å². The number of nitrogens with zero attached hydrogens (tertiary/aromatic N) is 1. The van der Waals surface area contributed by atoms with Crippen molar-refractivity contribution >= 4 is 29.4 Å². The number of rotatable bonds is 6. The third-order valence-corrected chi connectivity index (χ3v) is 7.24. The van der Waals surface area contributed by atoms with Crippen molar-refractivity contribution in [1.82, 2.24) is 0 Å². The summed E-state index contributed by atoms with van der Waals surface area (Å²) in [6.45, 7) is 7.59. The Morgan fingerprint density at radius 2 is 1.59 bits per heavy atom. The zero-order valence-electron chi connectivity index (χ0n) is 20.2. The molecule has 0 bridgehead atoms. The summed E-state index contributed by atoms with van der Waals surface area (Å²) in [5.41, 5.74) is 2.74. The molecule has 4 nitrogen and oxygen atoms in total. The summed E-state index contributed by atoms with van der Waals surface area (Å²) >= 11 is 1.47. The predicted molar refractivity (Wildman–Crippen MR) is 138 cm³/mol. The van der Waals surface area contributed by atoms with E-state index in [4.69, 9.17) is 4.74 Å². The highest BCUT2D eigenvalue weighted by Gasteiger charge is 2.55. The molecular weight excluding hydrogens is 442 g/mol. The molecule has 0 aliphatic carbocycles. The molecule has 34 heavy (non-hydrogen) atoms. The van der Waals surface area contributed by atoms with Gasteiger partial charge in [-0.3, -0.25) is 4.79 Å². The quantitative estimate of drug-likeness (QED) is 0.375. The molecule has 0 saturated heterocycles. The summed E-state index contributed by atoms with van der Waals surface area (Å²) < 4.78 is 4.55. The first kappa shape index (κ1) is 24.1. The highest BCUT2D eigenvalue weighted by atomic mass is 32.2. The average Bonchev–Trinajstić information content (AvgIpc) is 3.06. The van der Waals surface area contributed by atoms with Crippen LogP contribution < -0.4 is 4.90 Å². The molecule has 0 radical (unpaired) electrons. The van der Waals surface area contributed by atoms with E-state index in [1.54, 1.807) is 20.8 Å². The number of unbranched alkanes of at least 4 members (excludes halogenated alkanes) is 1. The van der Waals surface area contributed by atoms with Crippen LogP contribution in [0.3, 0.4) is 0 Å². The van der Waals surface area contributed by atoms with E-state index in [1.165, 1.54) is 22.2 Å². The van der Waals surface area contributed by atoms with Crippen molar-refractivity contribution < 1.29 is 14.3 Å². The largest absolute Gasteiger partial charge is 0.443 e. The molecule has 0 spiro atoms. The van der Waals surface area contributed by atoms with Gasteiger partial charge in [0.2, 0.25) is 0 Å². The summed E-state index contributed by atoms with van der Waals surface area (Å²) in [5.74, 6) is -0.307. The Bertz CT molecular complexity index is 1170. The molecule has 3 aromatic carbocycles. The number of imide groups is 1. The topological polar surface area (TPSA) is 46.6 Å². The minimum absolute atomic E-state index is 0.307. The molecule has 0 fully saturated rings. The van der Waals surface area contributed by atoms with Gasteiger partial charge in [-0.05, 0) is 62.9 Å². The van der Waals surface area contributed by atoms with Gasteiger partial charge >= 0.3 is 6.09 Å². The number of carbonyl (C=O) groups is 2. The second-order valence-corrected chi connectivity index (χ2v) is 10.8. The Morgan fingerprint density at radius 3 is 2.24 bits per heavy atom. The first-order chi connectivity index (χ1) is 16.3. The maximum atomic E-state index is 14.3. The van der Waals surface area contributed by atoms with Crippen molar-refractivity contribution in [2.24, 2.45) is 0 Å². The molecular formula is C29H31NO3S. The molecule has 176 valence electrons. The fraction of sp³-hybridized carbons (Fsp3) is 0.310. The SMILES string of the molecule is CCCCc1ccc([C@]2(Sc3ccccc3)C(=O)N(C(=O)OC(C)(C)C)c3ccccc32)cc1. The van der Waals surface area contributed by atoms with E-state index in [0.717, 1.165) is 35.3 Å². The smallest absolute Gasteiger partial charge is 0.421 e. The van der Waals surface area contributed by atoms with Crippen LogP contribution in [0.15, 0.2) is 83.8 Å². The number of aryl methyl sites for hydroxylation is 1. The van der Waals surface area contributed by atoms with Crippen LogP contribution in [0, 0.1) is 0 Å². The number of carbonyl (C=O) groups excluding carboxylic acids is 2. The van der Waals surface area contributed by atoms with Gasteiger partial charge in [-0.2, -0.15) is 0 Å². The number of benzene rings is 3. The fourth-order valence-corrected chi connectivity index (χ4v) is 5.59. The van der Waals surface area contributed by atoms with Gasteiger partial charge in [-0.25, -0.2) is 9.69 Å². The highest BCUT2D eigenvalue weighted by molar-refractivity contribution is 8.01. The summed E-state index contributed by atoms with van der Waals surface area (Å²) in [6.07, 6.45) is 2.61. The zero-order valence-corrected chi connectivity index (χ0v) is 21.0. The average molecular weight is 474 g/mol.